The summed E-state index contributed by atoms with van der Waals surface area (Å²) in [7, 11) is -0.435. The van der Waals surface area contributed by atoms with Crippen molar-refractivity contribution in [3.8, 4) is 0 Å². The molecule has 2 aromatic rings. The van der Waals surface area contributed by atoms with Crippen molar-refractivity contribution in [2.75, 3.05) is 26.2 Å². The van der Waals surface area contributed by atoms with Crippen LogP contribution in [0.2, 0.25) is 0 Å². The van der Waals surface area contributed by atoms with Gasteiger partial charge in [-0.25, -0.2) is 13.2 Å². The first-order chi connectivity index (χ1) is 13.2. The van der Waals surface area contributed by atoms with E-state index in [9.17, 15) is 18.0 Å². The van der Waals surface area contributed by atoms with Crippen molar-refractivity contribution in [2.24, 2.45) is 19.5 Å². The summed E-state index contributed by atoms with van der Waals surface area (Å²) in [5.41, 5.74) is 0.489. The van der Waals surface area contributed by atoms with Gasteiger partial charge in [-0.15, -0.1) is 0 Å². The molecular formula is C19H26N4O4S. The molecule has 0 saturated carbocycles. The summed E-state index contributed by atoms with van der Waals surface area (Å²) >= 11 is 0. The molecule has 9 heteroatoms. The number of aromatic nitrogens is 2. The number of carbonyl (C=O) groups is 1. The van der Waals surface area contributed by atoms with Gasteiger partial charge in [0.1, 0.15) is 0 Å². The molecule has 152 valence electrons. The zero-order valence-corrected chi connectivity index (χ0v) is 17.3. The quantitative estimate of drug-likeness (QED) is 0.755. The molecule has 1 amide bonds. The maximum absolute atomic E-state index is 13.2. The lowest BCUT2D eigenvalue weighted by atomic mass is 9.86. The molecule has 0 bridgehead atoms. The summed E-state index contributed by atoms with van der Waals surface area (Å²) in [5.74, 6) is 0.0907. The molecule has 28 heavy (non-hydrogen) atoms. The second-order valence-electron chi connectivity index (χ2n) is 7.96. The van der Waals surface area contributed by atoms with Crippen molar-refractivity contribution in [2.45, 2.75) is 31.1 Å². The average Bonchev–Trinajstić information content (AvgIpc) is 3.32. The minimum atomic E-state index is -3.73. The third-order valence-corrected chi connectivity index (χ3v) is 8.14. The molecule has 1 aromatic carbocycles. The van der Waals surface area contributed by atoms with Crippen LogP contribution < -0.4 is 5.69 Å². The lowest BCUT2D eigenvalue weighted by Crippen LogP contribution is -2.38. The summed E-state index contributed by atoms with van der Waals surface area (Å²) in [6.45, 7) is 4.06. The van der Waals surface area contributed by atoms with Crippen molar-refractivity contribution < 1.29 is 13.2 Å². The lowest BCUT2D eigenvalue weighted by molar-refractivity contribution is -0.135. The van der Waals surface area contributed by atoms with E-state index in [4.69, 9.17) is 0 Å². The fourth-order valence-electron chi connectivity index (χ4n) is 4.59. The Bertz CT molecular complexity index is 1120. The maximum Gasteiger partial charge on any atom is 0.328 e. The van der Waals surface area contributed by atoms with Gasteiger partial charge in [-0.1, -0.05) is 6.92 Å². The number of hydrogen-bond acceptors (Lipinski definition) is 4. The first-order valence-electron chi connectivity index (χ1n) is 9.66. The van der Waals surface area contributed by atoms with E-state index in [1.54, 1.807) is 32.3 Å². The number of nitrogens with zero attached hydrogens (tertiary/aromatic N) is 4. The zero-order valence-electron chi connectivity index (χ0n) is 16.5. The fraction of sp³-hybridized carbons (Fsp3) is 0.579. The minimum absolute atomic E-state index is 0.0907. The van der Waals surface area contributed by atoms with E-state index in [-0.39, 0.29) is 23.0 Å². The van der Waals surface area contributed by atoms with Gasteiger partial charge in [0.25, 0.3) is 0 Å². The van der Waals surface area contributed by atoms with E-state index >= 15 is 0 Å². The Hall–Kier alpha value is -2.13. The number of hydrogen-bond donors (Lipinski definition) is 0. The van der Waals surface area contributed by atoms with Crippen molar-refractivity contribution in [1.82, 2.24) is 18.3 Å². The van der Waals surface area contributed by atoms with E-state index in [2.05, 4.69) is 0 Å². The van der Waals surface area contributed by atoms with Crippen LogP contribution in [0.25, 0.3) is 11.0 Å². The number of aryl methyl sites for hydroxylation is 2. The standard InChI is InChI=1S/C19H26N4O4S/c1-4-9-22-10-7-19(17(22)24)8-11-23(13-19)28(26,27)14-5-6-15-16(12-14)21(3)18(25)20(15)2/h5-6,12H,4,7-11,13H2,1-3H3. The van der Waals surface area contributed by atoms with Crippen LogP contribution in [0, 0.1) is 5.41 Å². The molecule has 2 fully saturated rings. The molecular weight excluding hydrogens is 380 g/mol. The molecule has 1 spiro atoms. The molecule has 1 aromatic heterocycles. The molecule has 1 atom stereocenters. The predicted octanol–water partition coefficient (Wildman–Crippen LogP) is 0.900. The highest BCUT2D eigenvalue weighted by molar-refractivity contribution is 7.89. The number of likely N-dealkylation sites (tertiary alicyclic amines) is 1. The minimum Gasteiger partial charge on any atom is -0.342 e. The fourth-order valence-corrected chi connectivity index (χ4v) is 6.14. The normalized spacial score (nSPS) is 23.5. The first-order valence-corrected chi connectivity index (χ1v) is 11.1. The SMILES string of the molecule is CCCN1CCC2(CCN(S(=O)(=O)c3ccc4c(c3)n(C)c(=O)n4C)C2)C1=O. The van der Waals surface area contributed by atoms with Gasteiger partial charge in [-0.3, -0.25) is 13.9 Å². The van der Waals surface area contributed by atoms with Crippen LogP contribution in [-0.2, 0) is 28.9 Å². The van der Waals surface area contributed by atoms with Crippen molar-refractivity contribution in [3.05, 3.63) is 28.7 Å². The highest BCUT2D eigenvalue weighted by Gasteiger charge is 2.52. The molecule has 4 rings (SSSR count). The number of fused-ring (bicyclic) bond motifs is 1. The van der Waals surface area contributed by atoms with Crippen LogP contribution in [0.15, 0.2) is 27.9 Å². The van der Waals surface area contributed by atoms with Gasteiger partial charge in [0.05, 0.1) is 21.3 Å². The third kappa shape index (κ3) is 2.63. The van der Waals surface area contributed by atoms with Crippen LogP contribution in [0.1, 0.15) is 26.2 Å². The number of amides is 1. The second-order valence-corrected chi connectivity index (χ2v) is 9.90. The predicted molar refractivity (Wildman–Crippen MR) is 105 cm³/mol. The van der Waals surface area contributed by atoms with Gasteiger partial charge in [-0.05, 0) is 37.5 Å². The van der Waals surface area contributed by atoms with Crippen molar-refractivity contribution >= 4 is 27.0 Å². The van der Waals surface area contributed by atoms with Crippen molar-refractivity contribution in [1.29, 1.82) is 0 Å². The second kappa shape index (κ2) is 6.45. The zero-order chi connectivity index (χ0) is 20.3. The highest BCUT2D eigenvalue weighted by atomic mass is 32.2. The Labute approximate surface area is 164 Å². The number of rotatable bonds is 4. The number of imidazole rings is 1. The summed E-state index contributed by atoms with van der Waals surface area (Å²) in [4.78, 5) is 27.0. The Balaban J connectivity index is 1.65. The Morgan fingerprint density at radius 3 is 2.43 bits per heavy atom. The van der Waals surface area contributed by atoms with Gasteiger partial charge in [-0.2, -0.15) is 4.31 Å². The van der Waals surface area contributed by atoms with E-state index in [0.717, 1.165) is 13.0 Å². The molecule has 2 saturated heterocycles. The van der Waals surface area contributed by atoms with Crippen LogP contribution in [-0.4, -0.2) is 58.8 Å². The largest absolute Gasteiger partial charge is 0.342 e. The van der Waals surface area contributed by atoms with Gasteiger partial charge in [0.2, 0.25) is 15.9 Å². The Kier molecular flexibility index (Phi) is 4.42. The van der Waals surface area contributed by atoms with E-state index in [1.165, 1.54) is 13.4 Å². The third-order valence-electron chi connectivity index (χ3n) is 6.29. The summed E-state index contributed by atoms with van der Waals surface area (Å²) in [6.07, 6.45) is 2.18. The van der Waals surface area contributed by atoms with Gasteiger partial charge in [0.15, 0.2) is 0 Å². The van der Waals surface area contributed by atoms with Gasteiger partial charge in [0, 0.05) is 40.3 Å². The molecule has 0 aliphatic carbocycles. The Morgan fingerprint density at radius 1 is 1.04 bits per heavy atom. The lowest BCUT2D eigenvalue weighted by Gasteiger charge is -2.23. The van der Waals surface area contributed by atoms with Crippen LogP contribution >= 0.6 is 0 Å². The monoisotopic (exact) mass is 406 g/mol. The number of carbonyl (C=O) groups excluding carboxylic acids is 1. The van der Waals surface area contributed by atoms with E-state index < -0.39 is 15.4 Å². The molecule has 0 N–H and O–H groups in total. The number of sulfonamides is 1. The van der Waals surface area contributed by atoms with Gasteiger partial charge < -0.3 is 4.90 Å². The summed E-state index contributed by atoms with van der Waals surface area (Å²) < 4.78 is 30.9. The van der Waals surface area contributed by atoms with Crippen LogP contribution in [0.3, 0.4) is 0 Å². The smallest absolute Gasteiger partial charge is 0.328 e. The van der Waals surface area contributed by atoms with E-state index in [0.29, 0.717) is 37.0 Å². The van der Waals surface area contributed by atoms with Gasteiger partial charge >= 0.3 is 5.69 Å². The summed E-state index contributed by atoms with van der Waals surface area (Å²) in [6, 6.07) is 4.76. The molecule has 8 nitrogen and oxygen atoms in total. The molecule has 2 aliphatic heterocycles. The van der Waals surface area contributed by atoms with Crippen molar-refractivity contribution in [3.63, 3.8) is 0 Å². The topological polar surface area (TPSA) is 84.6 Å². The summed E-state index contributed by atoms with van der Waals surface area (Å²) in [5, 5.41) is 0. The molecule has 1 unspecified atom stereocenters. The number of benzene rings is 1. The Morgan fingerprint density at radius 2 is 1.71 bits per heavy atom. The maximum atomic E-state index is 13.2. The molecule has 2 aliphatic rings. The van der Waals surface area contributed by atoms with Crippen LogP contribution in [0.5, 0.6) is 0 Å². The van der Waals surface area contributed by atoms with Crippen LogP contribution in [0.4, 0.5) is 0 Å². The van der Waals surface area contributed by atoms with E-state index in [1.807, 2.05) is 11.8 Å². The average molecular weight is 407 g/mol. The highest BCUT2D eigenvalue weighted by Crippen LogP contribution is 2.42. The molecule has 3 heterocycles. The first kappa shape index (κ1) is 19.2. The molecule has 0 radical (unpaired) electrons.